The zero-order valence-electron chi connectivity index (χ0n) is 10.3. The van der Waals surface area contributed by atoms with Gasteiger partial charge in [-0.2, -0.15) is 5.10 Å². The molecule has 19 heavy (non-hydrogen) atoms. The lowest BCUT2D eigenvalue weighted by molar-refractivity contribution is -0.119. The van der Waals surface area contributed by atoms with Gasteiger partial charge in [0.05, 0.1) is 5.69 Å². The summed E-state index contributed by atoms with van der Waals surface area (Å²) in [5.74, 6) is -1.35. The average Bonchev–Trinajstić information content (AvgIpc) is 2.84. The van der Waals surface area contributed by atoms with Crippen LogP contribution in [-0.4, -0.2) is 30.6 Å². The second-order valence-electron chi connectivity index (χ2n) is 4.07. The largest absolute Gasteiger partial charge is 0.368 e. The van der Waals surface area contributed by atoms with Crippen LogP contribution in [0.1, 0.15) is 6.42 Å². The van der Waals surface area contributed by atoms with E-state index >= 15 is 0 Å². The molecule has 1 aliphatic heterocycles. The van der Waals surface area contributed by atoms with Gasteiger partial charge >= 0.3 is 0 Å². The Morgan fingerprint density at radius 2 is 2.05 bits per heavy atom. The molecule has 0 bridgehead atoms. The SMILES string of the molecule is CNC(=O)C1=NN(c2ccc(F)cc2)C(C(N)=O)C1. The van der Waals surface area contributed by atoms with Crippen molar-refractivity contribution in [1.82, 2.24) is 5.32 Å². The number of carbonyl (C=O) groups excluding carboxylic acids is 2. The first-order valence-electron chi connectivity index (χ1n) is 5.66. The Morgan fingerprint density at radius 3 is 2.58 bits per heavy atom. The molecule has 100 valence electrons. The fourth-order valence-electron chi connectivity index (χ4n) is 1.85. The highest BCUT2D eigenvalue weighted by atomic mass is 19.1. The first kappa shape index (κ1) is 13.0. The molecule has 0 spiro atoms. The summed E-state index contributed by atoms with van der Waals surface area (Å²) in [7, 11) is 1.48. The number of halogens is 1. The van der Waals surface area contributed by atoms with Gasteiger partial charge in [-0.15, -0.1) is 0 Å². The first-order valence-corrected chi connectivity index (χ1v) is 5.66. The maximum Gasteiger partial charge on any atom is 0.267 e. The van der Waals surface area contributed by atoms with E-state index in [2.05, 4.69) is 10.4 Å². The van der Waals surface area contributed by atoms with E-state index in [1.807, 2.05) is 0 Å². The smallest absolute Gasteiger partial charge is 0.267 e. The molecule has 1 atom stereocenters. The molecule has 1 aromatic rings. The topological polar surface area (TPSA) is 87.8 Å². The summed E-state index contributed by atoms with van der Waals surface area (Å²) in [5, 5.41) is 7.85. The van der Waals surface area contributed by atoms with Gasteiger partial charge in [0.15, 0.2) is 0 Å². The molecule has 0 fully saturated rings. The monoisotopic (exact) mass is 264 g/mol. The van der Waals surface area contributed by atoms with Crippen molar-refractivity contribution in [2.75, 3.05) is 12.1 Å². The lowest BCUT2D eigenvalue weighted by Gasteiger charge is -2.20. The molecule has 0 saturated heterocycles. The van der Waals surface area contributed by atoms with Crippen molar-refractivity contribution in [3.05, 3.63) is 30.1 Å². The van der Waals surface area contributed by atoms with Crippen molar-refractivity contribution in [1.29, 1.82) is 0 Å². The van der Waals surface area contributed by atoms with Gasteiger partial charge in [0.25, 0.3) is 5.91 Å². The molecule has 7 heteroatoms. The number of carbonyl (C=O) groups is 2. The molecular weight excluding hydrogens is 251 g/mol. The molecule has 0 aliphatic carbocycles. The van der Waals surface area contributed by atoms with E-state index in [1.165, 1.54) is 36.3 Å². The summed E-state index contributed by atoms with van der Waals surface area (Å²) in [6.07, 6.45) is 0.131. The fraction of sp³-hybridized carbons (Fsp3) is 0.250. The predicted octanol–water partition coefficient (Wildman–Crippen LogP) is -0.00830. The van der Waals surface area contributed by atoms with Crippen molar-refractivity contribution in [2.24, 2.45) is 10.8 Å². The second kappa shape index (κ2) is 5.05. The van der Waals surface area contributed by atoms with Crippen LogP contribution in [0.2, 0.25) is 0 Å². The molecule has 2 rings (SSSR count). The zero-order valence-corrected chi connectivity index (χ0v) is 10.3. The highest BCUT2D eigenvalue weighted by Gasteiger charge is 2.34. The second-order valence-corrected chi connectivity index (χ2v) is 4.07. The Kier molecular flexibility index (Phi) is 3.46. The van der Waals surface area contributed by atoms with Crippen molar-refractivity contribution in [3.8, 4) is 0 Å². The number of nitrogens with zero attached hydrogens (tertiary/aromatic N) is 2. The van der Waals surface area contributed by atoms with Crippen LogP contribution < -0.4 is 16.1 Å². The number of nitrogens with one attached hydrogen (secondary N) is 1. The average molecular weight is 264 g/mol. The number of anilines is 1. The van der Waals surface area contributed by atoms with Crippen LogP contribution in [0.3, 0.4) is 0 Å². The van der Waals surface area contributed by atoms with Crippen molar-refractivity contribution in [3.63, 3.8) is 0 Å². The van der Waals surface area contributed by atoms with Gasteiger partial charge < -0.3 is 11.1 Å². The Balaban J connectivity index is 2.34. The summed E-state index contributed by atoms with van der Waals surface area (Å²) in [5.41, 5.74) is 6.02. The summed E-state index contributed by atoms with van der Waals surface area (Å²) in [6, 6.07) is 4.71. The quantitative estimate of drug-likeness (QED) is 0.805. The Bertz CT molecular complexity index is 541. The van der Waals surface area contributed by atoms with Gasteiger partial charge in [-0.3, -0.25) is 14.6 Å². The number of primary amides is 1. The third kappa shape index (κ3) is 2.54. The number of benzene rings is 1. The van der Waals surface area contributed by atoms with Crippen molar-refractivity contribution >= 4 is 23.2 Å². The van der Waals surface area contributed by atoms with E-state index in [-0.39, 0.29) is 18.0 Å². The van der Waals surface area contributed by atoms with Crippen molar-refractivity contribution in [2.45, 2.75) is 12.5 Å². The van der Waals surface area contributed by atoms with Gasteiger partial charge in [-0.25, -0.2) is 4.39 Å². The normalized spacial score (nSPS) is 18.1. The minimum absolute atomic E-state index is 0.131. The van der Waals surface area contributed by atoms with Crippen LogP contribution in [0.4, 0.5) is 10.1 Å². The molecule has 6 nitrogen and oxygen atoms in total. The Labute approximate surface area is 109 Å². The van der Waals surface area contributed by atoms with E-state index in [1.54, 1.807) is 0 Å². The Morgan fingerprint density at radius 1 is 1.42 bits per heavy atom. The maximum absolute atomic E-state index is 12.9. The first-order chi connectivity index (χ1) is 9.02. The fourth-order valence-corrected chi connectivity index (χ4v) is 1.85. The molecule has 1 heterocycles. The molecular formula is C12H13FN4O2. The minimum atomic E-state index is -0.738. The lowest BCUT2D eigenvalue weighted by Crippen LogP contribution is -2.39. The third-order valence-electron chi connectivity index (χ3n) is 2.82. The van der Waals surface area contributed by atoms with Gasteiger partial charge in [0, 0.05) is 13.5 Å². The summed E-state index contributed by atoms with van der Waals surface area (Å²) < 4.78 is 12.9. The third-order valence-corrected chi connectivity index (χ3v) is 2.82. The standard InChI is InChI=1S/C12H13FN4O2/c1-15-12(19)9-6-10(11(14)18)17(16-9)8-4-2-7(13)3-5-8/h2-5,10H,6H2,1H3,(H2,14,18)(H,15,19). The van der Waals surface area contributed by atoms with Crippen LogP contribution in [-0.2, 0) is 9.59 Å². The maximum atomic E-state index is 12.9. The highest BCUT2D eigenvalue weighted by molar-refractivity contribution is 6.40. The number of hydrazone groups is 1. The molecule has 1 aromatic carbocycles. The molecule has 2 amide bonds. The number of hydrogen-bond acceptors (Lipinski definition) is 4. The molecule has 3 N–H and O–H groups in total. The Hall–Kier alpha value is -2.44. The van der Waals surface area contributed by atoms with Gasteiger partial charge in [-0.1, -0.05) is 0 Å². The molecule has 0 saturated carbocycles. The number of rotatable bonds is 3. The van der Waals surface area contributed by atoms with E-state index < -0.39 is 17.8 Å². The van der Waals surface area contributed by atoms with Crippen LogP contribution >= 0.6 is 0 Å². The molecule has 1 unspecified atom stereocenters. The summed E-state index contributed by atoms with van der Waals surface area (Å²) in [6.45, 7) is 0. The van der Waals surface area contributed by atoms with Gasteiger partial charge in [0.2, 0.25) is 5.91 Å². The van der Waals surface area contributed by atoms with Crippen LogP contribution in [0.5, 0.6) is 0 Å². The summed E-state index contributed by atoms with van der Waals surface area (Å²) >= 11 is 0. The van der Waals surface area contributed by atoms with Gasteiger partial charge in [0.1, 0.15) is 17.6 Å². The molecule has 0 aromatic heterocycles. The number of hydrogen-bond donors (Lipinski definition) is 2. The van der Waals surface area contributed by atoms with Gasteiger partial charge in [-0.05, 0) is 24.3 Å². The van der Waals surface area contributed by atoms with Crippen LogP contribution in [0, 0.1) is 5.82 Å². The number of amides is 2. The van der Waals surface area contributed by atoms with Crippen LogP contribution in [0.25, 0.3) is 0 Å². The van der Waals surface area contributed by atoms with E-state index in [9.17, 15) is 14.0 Å². The summed E-state index contributed by atoms with van der Waals surface area (Å²) in [4.78, 5) is 22.9. The molecule has 0 radical (unpaired) electrons. The minimum Gasteiger partial charge on any atom is -0.368 e. The molecule has 1 aliphatic rings. The zero-order chi connectivity index (χ0) is 14.0. The predicted molar refractivity (Wildman–Crippen MR) is 68.0 cm³/mol. The highest BCUT2D eigenvalue weighted by Crippen LogP contribution is 2.24. The van der Waals surface area contributed by atoms with Crippen molar-refractivity contribution < 1.29 is 14.0 Å². The van der Waals surface area contributed by atoms with E-state index in [4.69, 9.17) is 5.73 Å². The van der Waals surface area contributed by atoms with E-state index in [0.717, 1.165) is 0 Å². The van der Waals surface area contributed by atoms with E-state index in [0.29, 0.717) is 5.69 Å². The van der Waals surface area contributed by atoms with Crippen LogP contribution in [0.15, 0.2) is 29.4 Å². The lowest BCUT2D eigenvalue weighted by atomic mass is 10.1. The number of nitrogens with two attached hydrogens (primary N) is 1.